The van der Waals surface area contributed by atoms with Gasteiger partial charge < -0.3 is 0 Å². The van der Waals surface area contributed by atoms with Crippen LogP contribution in [0.2, 0.25) is 0 Å². The lowest BCUT2D eigenvalue weighted by Gasteiger charge is -2.24. The Morgan fingerprint density at radius 3 is 2.44 bits per heavy atom. The van der Waals surface area contributed by atoms with Gasteiger partial charge >= 0.3 is 0 Å². The monoisotopic (exact) mass is 210 g/mol. The first kappa shape index (κ1) is 10.9. The second kappa shape index (κ2) is 4.52. The summed E-state index contributed by atoms with van der Waals surface area (Å²) in [4.78, 5) is 0. The molecule has 0 heteroatoms. The van der Waals surface area contributed by atoms with E-state index in [-0.39, 0.29) is 5.41 Å². The van der Waals surface area contributed by atoms with Gasteiger partial charge in [0.15, 0.2) is 0 Å². The molecule has 1 unspecified atom stereocenters. The van der Waals surface area contributed by atoms with E-state index in [1.807, 2.05) is 0 Å². The number of hydrogen-bond acceptors (Lipinski definition) is 0. The highest BCUT2D eigenvalue weighted by Crippen LogP contribution is 2.28. The Morgan fingerprint density at radius 1 is 0.938 bits per heavy atom. The van der Waals surface area contributed by atoms with E-state index in [0.29, 0.717) is 5.92 Å². The van der Waals surface area contributed by atoms with E-state index in [0.717, 1.165) is 0 Å². The summed E-state index contributed by atoms with van der Waals surface area (Å²) in [5.74, 6) is 0.507. The Hall–Kier alpha value is -1.56. The van der Waals surface area contributed by atoms with Crippen LogP contribution in [0.25, 0.3) is 0 Å². The summed E-state index contributed by atoms with van der Waals surface area (Å²) in [6.07, 6.45) is 13.3. The number of hydrogen-bond donors (Lipinski definition) is 0. The van der Waals surface area contributed by atoms with Gasteiger partial charge in [0.2, 0.25) is 0 Å². The van der Waals surface area contributed by atoms with Gasteiger partial charge in [-0.15, -0.1) is 0 Å². The molecule has 0 aliphatic heterocycles. The first-order valence-corrected chi connectivity index (χ1v) is 5.82. The lowest BCUT2D eigenvalue weighted by atomic mass is 9.80. The van der Waals surface area contributed by atoms with Crippen molar-refractivity contribution >= 4 is 0 Å². The summed E-state index contributed by atoms with van der Waals surface area (Å²) in [5.41, 5.74) is 1.35. The molecule has 2 atom stereocenters. The standard InChI is InChI=1S/C16H18/c1-14-8-6-7-12-16(2,13-11-14)15-9-4-3-5-10-15/h3-14H,1-2H3/b8-6-,12-7-,13-11-/t14-,16?/m1/s1. The Labute approximate surface area is 98.0 Å². The molecule has 1 aliphatic rings. The molecule has 1 aliphatic carbocycles. The summed E-state index contributed by atoms with van der Waals surface area (Å²) in [6, 6.07) is 10.6. The molecule has 82 valence electrons. The van der Waals surface area contributed by atoms with Crippen LogP contribution in [0.3, 0.4) is 0 Å². The Balaban J connectivity index is 2.41. The van der Waals surface area contributed by atoms with Crippen molar-refractivity contribution in [1.82, 2.24) is 0 Å². The van der Waals surface area contributed by atoms with Crippen molar-refractivity contribution < 1.29 is 0 Å². The van der Waals surface area contributed by atoms with Crippen molar-refractivity contribution in [2.24, 2.45) is 5.92 Å². The normalized spacial score (nSPS) is 34.8. The molecular weight excluding hydrogens is 192 g/mol. The quantitative estimate of drug-likeness (QED) is 0.607. The molecule has 0 radical (unpaired) electrons. The minimum atomic E-state index is 0.0142. The van der Waals surface area contributed by atoms with Crippen LogP contribution in [0.15, 0.2) is 66.8 Å². The fraction of sp³-hybridized carbons (Fsp3) is 0.250. The molecule has 0 amide bonds. The maximum Gasteiger partial charge on any atom is 0.0287 e. The lowest BCUT2D eigenvalue weighted by molar-refractivity contribution is 0.742. The van der Waals surface area contributed by atoms with Crippen LogP contribution in [-0.2, 0) is 5.41 Å². The average molecular weight is 210 g/mol. The van der Waals surface area contributed by atoms with Crippen LogP contribution in [0.1, 0.15) is 19.4 Å². The molecule has 0 N–H and O–H groups in total. The third-order valence-corrected chi connectivity index (χ3v) is 3.11. The maximum absolute atomic E-state index is 2.30. The first-order valence-electron chi connectivity index (χ1n) is 5.82. The molecule has 1 aromatic carbocycles. The van der Waals surface area contributed by atoms with E-state index >= 15 is 0 Å². The number of benzene rings is 1. The van der Waals surface area contributed by atoms with Crippen molar-refractivity contribution in [1.29, 1.82) is 0 Å². The van der Waals surface area contributed by atoms with E-state index in [2.05, 4.69) is 80.6 Å². The Bertz CT molecular complexity index is 423. The van der Waals surface area contributed by atoms with E-state index in [1.54, 1.807) is 0 Å². The largest absolute Gasteiger partial charge is 0.0807 e. The molecule has 0 saturated heterocycles. The Morgan fingerprint density at radius 2 is 1.69 bits per heavy atom. The second-order valence-corrected chi connectivity index (χ2v) is 4.61. The van der Waals surface area contributed by atoms with Crippen molar-refractivity contribution in [3.05, 3.63) is 72.4 Å². The topological polar surface area (TPSA) is 0 Å². The van der Waals surface area contributed by atoms with E-state index in [9.17, 15) is 0 Å². The van der Waals surface area contributed by atoms with Crippen molar-refractivity contribution in [3.8, 4) is 0 Å². The molecule has 0 nitrogen and oxygen atoms in total. The highest BCUT2D eigenvalue weighted by atomic mass is 14.2. The van der Waals surface area contributed by atoms with Crippen molar-refractivity contribution in [2.45, 2.75) is 19.3 Å². The van der Waals surface area contributed by atoms with Gasteiger partial charge in [0, 0.05) is 5.41 Å². The summed E-state index contributed by atoms with van der Waals surface area (Å²) in [7, 11) is 0. The molecule has 2 rings (SSSR count). The third kappa shape index (κ3) is 2.33. The average Bonchev–Trinajstić information content (AvgIpc) is 2.31. The predicted octanol–water partition coefficient (Wildman–Crippen LogP) is 4.26. The van der Waals surface area contributed by atoms with Gasteiger partial charge in [-0.05, 0) is 18.4 Å². The lowest BCUT2D eigenvalue weighted by Crippen LogP contribution is -2.16. The van der Waals surface area contributed by atoms with Crippen molar-refractivity contribution in [3.63, 3.8) is 0 Å². The van der Waals surface area contributed by atoms with Crippen LogP contribution in [0, 0.1) is 5.92 Å². The number of allylic oxidation sites excluding steroid dienone is 6. The minimum absolute atomic E-state index is 0.0142. The van der Waals surface area contributed by atoms with Gasteiger partial charge in [-0.1, -0.05) is 73.7 Å². The Kier molecular flexibility index (Phi) is 3.09. The zero-order chi connectivity index (χ0) is 11.4. The molecule has 0 heterocycles. The van der Waals surface area contributed by atoms with Gasteiger partial charge in [0.05, 0.1) is 0 Å². The minimum Gasteiger partial charge on any atom is -0.0807 e. The van der Waals surface area contributed by atoms with Gasteiger partial charge in [0.1, 0.15) is 0 Å². The molecule has 16 heavy (non-hydrogen) atoms. The molecule has 0 saturated carbocycles. The maximum atomic E-state index is 2.30. The fourth-order valence-electron chi connectivity index (χ4n) is 1.96. The highest BCUT2D eigenvalue weighted by Gasteiger charge is 2.19. The highest BCUT2D eigenvalue weighted by molar-refractivity contribution is 5.37. The van der Waals surface area contributed by atoms with E-state index < -0.39 is 0 Å². The smallest absolute Gasteiger partial charge is 0.0287 e. The zero-order valence-electron chi connectivity index (χ0n) is 9.93. The van der Waals surface area contributed by atoms with Crippen molar-refractivity contribution in [2.75, 3.05) is 0 Å². The van der Waals surface area contributed by atoms with Gasteiger partial charge in [-0.3, -0.25) is 0 Å². The van der Waals surface area contributed by atoms with E-state index in [1.165, 1.54) is 5.56 Å². The zero-order valence-corrected chi connectivity index (χ0v) is 9.93. The predicted molar refractivity (Wildman–Crippen MR) is 70.4 cm³/mol. The number of rotatable bonds is 1. The first-order chi connectivity index (χ1) is 7.71. The summed E-state index contributed by atoms with van der Waals surface area (Å²) < 4.78 is 0. The summed E-state index contributed by atoms with van der Waals surface area (Å²) >= 11 is 0. The van der Waals surface area contributed by atoms with Crippen LogP contribution < -0.4 is 0 Å². The third-order valence-electron chi connectivity index (χ3n) is 3.11. The summed E-state index contributed by atoms with van der Waals surface area (Å²) in [6.45, 7) is 4.46. The second-order valence-electron chi connectivity index (χ2n) is 4.61. The van der Waals surface area contributed by atoms with Crippen LogP contribution in [-0.4, -0.2) is 0 Å². The molecule has 0 fully saturated rings. The molecule has 0 bridgehead atoms. The molecule has 0 spiro atoms. The molecule has 1 aromatic rings. The van der Waals surface area contributed by atoms with Gasteiger partial charge in [0.25, 0.3) is 0 Å². The fourth-order valence-corrected chi connectivity index (χ4v) is 1.96. The van der Waals surface area contributed by atoms with Gasteiger partial charge in [-0.25, -0.2) is 0 Å². The van der Waals surface area contributed by atoms with Crippen LogP contribution in [0.5, 0.6) is 0 Å². The molecule has 0 aromatic heterocycles. The SMILES string of the molecule is C[C@@H]1/C=C\C=C/C(C)(c2ccccc2)/C=C\1. The van der Waals surface area contributed by atoms with Crippen LogP contribution >= 0.6 is 0 Å². The van der Waals surface area contributed by atoms with Crippen LogP contribution in [0.4, 0.5) is 0 Å². The summed E-state index contributed by atoms with van der Waals surface area (Å²) in [5, 5.41) is 0. The molecular formula is C16H18. The van der Waals surface area contributed by atoms with Gasteiger partial charge in [-0.2, -0.15) is 0 Å². The van der Waals surface area contributed by atoms with E-state index in [4.69, 9.17) is 0 Å².